The minimum absolute atomic E-state index is 0.132. The predicted molar refractivity (Wildman–Crippen MR) is 105 cm³/mol. The van der Waals surface area contributed by atoms with Crippen LogP contribution in [0, 0.1) is 0 Å². The molecule has 0 saturated carbocycles. The van der Waals surface area contributed by atoms with E-state index in [0.29, 0.717) is 28.3 Å². The highest BCUT2D eigenvalue weighted by molar-refractivity contribution is 6.35. The molecular formula is C18H22Cl2N4O2. The fraction of sp³-hybridized carbons (Fsp3) is 0.333. The molecule has 2 aromatic rings. The van der Waals surface area contributed by atoms with Gasteiger partial charge in [-0.3, -0.25) is 4.79 Å². The number of nitrogens with one attached hydrogen (secondary N) is 2. The van der Waals surface area contributed by atoms with E-state index in [2.05, 4.69) is 15.6 Å². The number of primary amides is 1. The summed E-state index contributed by atoms with van der Waals surface area (Å²) in [4.78, 5) is 15.5. The molecule has 26 heavy (non-hydrogen) atoms. The van der Waals surface area contributed by atoms with E-state index in [1.54, 1.807) is 18.2 Å². The maximum absolute atomic E-state index is 11.0. The zero-order chi connectivity index (χ0) is 18.9. The molecular weight excluding hydrogens is 375 g/mol. The van der Waals surface area contributed by atoms with E-state index in [1.807, 2.05) is 19.1 Å². The van der Waals surface area contributed by atoms with Crippen LogP contribution in [0.15, 0.2) is 39.7 Å². The molecule has 0 unspecified atom stereocenters. The van der Waals surface area contributed by atoms with Gasteiger partial charge in [-0.1, -0.05) is 29.3 Å². The Labute approximate surface area is 162 Å². The molecule has 4 N–H and O–H groups in total. The molecule has 0 bridgehead atoms. The number of carbonyl (C=O) groups excluding carboxylic acids is 1. The second-order valence-corrected chi connectivity index (χ2v) is 6.44. The van der Waals surface area contributed by atoms with Crippen molar-refractivity contribution in [3.63, 3.8) is 0 Å². The molecule has 0 radical (unpaired) electrons. The van der Waals surface area contributed by atoms with Crippen LogP contribution < -0.4 is 16.4 Å². The summed E-state index contributed by atoms with van der Waals surface area (Å²) in [5, 5.41) is 7.74. The van der Waals surface area contributed by atoms with Gasteiger partial charge >= 0.3 is 0 Å². The van der Waals surface area contributed by atoms with Gasteiger partial charge in [0.15, 0.2) is 11.7 Å². The van der Waals surface area contributed by atoms with E-state index >= 15 is 0 Å². The monoisotopic (exact) mass is 396 g/mol. The van der Waals surface area contributed by atoms with E-state index < -0.39 is 5.91 Å². The molecule has 0 spiro atoms. The highest BCUT2D eigenvalue weighted by Gasteiger charge is 2.07. The lowest BCUT2D eigenvalue weighted by Crippen LogP contribution is -2.37. The number of aryl methyl sites for hydroxylation is 1. The number of carbonyl (C=O) groups is 1. The lowest BCUT2D eigenvalue weighted by atomic mass is 10.1. The van der Waals surface area contributed by atoms with Crippen LogP contribution in [0.4, 0.5) is 0 Å². The van der Waals surface area contributed by atoms with Crippen LogP contribution in [0.5, 0.6) is 0 Å². The molecule has 6 nitrogen and oxygen atoms in total. The smallest absolute Gasteiger partial charge is 0.284 e. The third kappa shape index (κ3) is 6.28. The van der Waals surface area contributed by atoms with Gasteiger partial charge in [0.05, 0.1) is 0 Å². The van der Waals surface area contributed by atoms with Gasteiger partial charge in [-0.25, -0.2) is 4.99 Å². The first kappa shape index (κ1) is 20.1. The molecule has 0 aliphatic rings. The van der Waals surface area contributed by atoms with Crippen LogP contribution in [-0.2, 0) is 13.0 Å². The molecule has 0 aliphatic carbocycles. The Morgan fingerprint density at radius 2 is 2.04 bits per heavy atom. The molecule has 2 rings (SSSR count). The molecule has 1 aromatic heterocycles. The van der Waals surface area contributed by atoms with Crippen molar-refractivity contribution in [1.29, 1.82) is 0 Å². The van der Waals surface area contributed by atoms with Gasteiger partial charge in [-0.15, -0.1) is 0 Å². The Bertz CT molecular complexity index is 774. The lowest BCUT2D eigenvalue weighted by Gasteiger charge is -2.11. The van der Waals surface area contributed by atoms with Crippen LogP contribution >= 0.6 is 23.2 Å². The number of nitrogens with zero attached hydrogens (tertiary/aromatic N) is 1. The average molecular weight is 397 g/mol. The zero-order valence-electron chi connectivity index (χ0n) is 14.5. The summed E-state index contributed by atoms with van der Waals surface area (Å²) in [6, 6.07) is 8.77. The van der Waals surface area contributed by atoms with Crippen molar-refractivity contribution in [3.8, 4) is 0 Å². The van der Waals surface area contributed by atoms with Gasteiger partial charge in [0.2, 0.25) is 0 Å². The van der Waals surface area contributed by atoms with E-state index in [9.17, 15) is 4.79 Å². The van der Waals surface area contributed by atoms with Crippen molar-refractivity contribution in [2.75, 3.05) is 13.1 Å². The minimum Gasteiger partial charge on any atom is -0.454 e. The van der Waals surface area contributed by atoms with Gasteiger partial charge in [0.25, 0.3) is 5.91 Å². The molecule has 0 aliphatic heterocycles. The van der Waals surface area contributed by atoms with Crippen molar-refractivity contribution in [1.82, 2.24) is 10.6 Å². The van der Waals surface area contributed by atoms with Crippen molar-refractivity contribution in [3.05, 3.63) is 57.5 Å². The number of hydrogen-bond donors (Lipinski definition) is 3. The molecule has 0 atom stereocenters. The summed E-state index contributed by atoms with van der Waals surface area (Å²) in [5.74, 6) is 0.787. The predicted octanol–water partition coefficient (Wildman–Crippen LogP) is 3.37. The fourth-order valence-electron chi connectivity index (χ4n) is 2.30. The normalized spacial score (nSPS) is 11.4. The maximum atomic E-state index is 11.0. The number of amides is 1. The van der Waals surface area contributed by atoms with Crippen LogP contribution in [-0.4, -0.2) is 25.0 Å². The van der Waals surface area contributed by atoms with Crippen LogP contribution in [0.25, 0.3) is 0 Å². The summed E-state index contributed by atoms with van der Waals surface area (Å²) in [5.41, 5.74) is 6.23. The number of hydrogen-bond acceptors (Lipinski definition) is 3. The SMILES string of the molecule is CCNC(=NCc1ccc(C(N)=O)o1)NCCCc1ccc(Cl)cc1Cl. The first-order valence-corrected chi connectivity index (χ1v) is 9.09. The summed E-state index contributed by atoms with van der Waals surface area (Å²) >= 11 is 12.1. The highest BCUT2D eigenvalue weighted by atomic mass is 35.5. The van der Waals surface area contributed by atoms with Gasteiger partial charge in [0, 0.05) is 23.1 Å². The molecule has 8 heteroatoms. The molecule has 140 valence electrons. The number of rotatable bonds is 8. The zero-order valence-corrected chi connectivity index (χ0v) is 16.0. The Balaban J connectivity index is 1.83. The van der Waals surface area contributed by atoms with E-state index in [-0.39, 0.29) is 5.76 Å². The third-order valence-electron chi connectivity index (χ3n) is 3.57. The van der Waals surface area contributed by atoms with E-state index in [4.69, 9.17) is 33.4 Å². The third-order valence-corrected chi connectivity index (χ3v) is 4.16. The van der Waals surface area contributed by atoms with Crippen LogP contribution in [0.1, 0.15) is 35.2 Å². The standard InChI is InChI=1S/C18H22Cl2N4O2/c1-2-22-18(24-11-14-7-8-16(26-14)17(21)25)23-9-3-4-12-5-6-13(19)10-15(12)20/h5-8,10H,2-4,9,11H2,1H3,(H2,21,25)(H2,22,23,24). The number of furan rings is 1. The second-order valence-electron chi connectivity index (χ2n) is 5.59. The summed E-state index contributed by atoms with van der Waals surface area (Å²) in [6.07, 6.45) is 1.72. The lowest BCUT2D eigenvalue weighted by molar-refractivity contribution is 0.0972. The second kappa shape index (κ2) is 10.1. The van der Waals surface area contributed by atoms with Crippen LogP contribution in [0.2, 0.25) is 10.0 Å². The maximum Gasteiger partial charge on any atom is 0.284 e. The largest absolute Gasteiger partial charge is 0.454 e. The van der Waals surface area contributed by atoms with Crippen molar-refractivity contribution < 1.29 is 9.21 Å². The number of aliphatic imine (C=N–C) groups is 1. The van der Waals surface area contributed by atoms with Crippen LogP contribution in [0.3, 0.4) is 0 Å². The highest BCUT2D eigenvalue weighted by Crippen LogP contribution is 2.21. The average Bonchev–Trinajstić information content (AvgIpc) is 3.07. The Kier molecular flexibility index (Phi) is 7.81. The Morgan fingerprint density at radius 1 is 1.23 bits per heavy atom. The summed E-state index contributed by atoms with van der Waals surface area (Å²) < 4.78 is 5.32. The number of halogens is 2. The van der Waals surface area contributed by atoms with Gasteiger partial charge < -0.3 is 20.8 Å². The number of benzene rings is 1. The van der Waals surface area contributed by atoms with Gasteiger partial charge in [-0.05, 0) is 49.6 Å². The summed E-state index contributed by atoms with van der Waals surface area (Å²) in [7, 11) is 0. The Hall–Kier alpha value is -2.18. The fourth-order valence-corrected chi connectivity index (χ4v) is 2.81. The minimum atomic E-state index is -0.592. The van der Waals surface area contributed by atoms with Crippen molar-refractivity contribution in [2.24, 2.45) is 10.7 Å². The van der Waals surface area contributed by atoms with Crippen molar-refractivity contribution >= 4 is 35.1 Å². The molecule has 1 heterocycles. The Morgan fingerprint density at radius 3 is 2.69 bits per heavy atom. The molecule has 0 saturated heterocycles. The number of nitrogens with two attached hydrogens (primary N) is 1. The van der Waals surface area contributed by atoms with Crippen molar-refractivity contribution in [2.45, 2.75) is 26.3 Å². The quantitative estimate of drug-likeness (QED) is 0.362. The van der Waals surface area contributed by atoms with Gasteiger partial charge in [-0.2, -0.15) is 0 Å². The number of guanidine groups is 1. The molecule has 0 fully saturated rings. The van der Waals surface area contributed by atoms with E-state index in [0.717, 1.165) is 31.5 Å². The van der Waals surface area contributed by atoms with Gasteiger partial charge in [0.1, 0.15) is 12.3 Å². The van der Waals surface area contributed by atoms with E-state index in [1.165, 1.54) is 0 Å². The molecule has 1 aromatic carbocycles. The molecule has 1 amide bonds. The summed E-state index contributed by atoms with van der Waals surface area (Å²) in [6.45, 7) is 3.77. The topological polar surface area (TPSA) is 92.6 Å². The first-order valence-electron chi connectivity index (χ1n) is 8.34. The first-order chi connectivity index (χ1) is 12.5.